The highest BCUT2D eigenvalue weighted by Crippen LogP contribution is 2.15. The summed E-state index contributed by atoms with van der Waals surface area (Å²) in [6, 6.07) is 0. The van der Waals surface area contributed by atoms with E-state index in [0.717, 1.165) is 36.4 Å². The van der Waals surface area contributed by atoms with Crippen molar-refractivity contribution in [3.8, 4) is 0 Å². The van der Waals surface area contributed by atoms with Crippen LogP contribution in [0.5, 0.6) is 0 Å². The molecule has 1 aliphatic rings. The van der Waals surface area contributed by atoms with Gasteiger partial charge in [0.15, 0.2) is 5.96 Å². The normalized spacial score (nSPS) is 17.7. The largest absolute Gasteiger partial charge is 0.356 e. The fourth-order valence-electron chi connectivity index (χ4n) is 2.67. The minimum absolute atomic E-state index is 0.787. The third kappa shape index (κ3) is 5.93. The number of rotatable bonds is 6. The van der Waals surface area contributed by atoms with Crippen LogP contribution in [0.15, 0.2) is 11.2 Å². The molecular weight excluding hydrogens is 294 g/mol. The van der Waals surface area contributed by atoms with Crippen LogP contribution < -0.4 is 10.6 Å². The number of piperidine rings is 1. The Labute approximate surface area is 138 Å². The second-order valence-electron chi connectivity index (χ2n) is 6.08. The zero-order valence-electron chi connectivity index (χ0n) is 14.1. The molecule has 0 unspecified atom stereocenters. The quantitative estimate of drug-likeness (QED) is 0.479. The average molecular weight is 324 g/mol. The van der Waals surface area contributed by atoms with Gasteiger partial charge >= 0.3 is 0 Å². The Balaban J connectivity index is 1.58. The van der Waals surface area contributed by atoms with E-state index in [1.54, 1.807) is 11.3 Å². The van der Waals surface area contributed by atoms with Crippen molar-refractivity contribution >= 4 is 17.3 Å². The Morgan fingerprint density at radius 2 is 2.18 bits per heavy atom. The molecular formula is C16H29N5S. The highest BCUT2D eigenvalue weighted by molar-refractivity contribution is 7.11. The lowest BCUT2D eigenvalue weighted by Gasteiger charge is -2.30. The summed E-state index contributed by atoms with van der Waals surface area (Å²) in [5.41, 5.74) is 0. The first-order chi connectivity index (χ1) is 10.7. The molecule has 1 aliphatic heterocycles. The Morgan fingerprint density at radius 3 is 2.82 bits per heavy atom. The fourth-order valence-corrected chi connectivity index (χ4v) is 3.41. The van der Waals surface area contributed by atoms with Gasteiger partial charge in [-0.05, 0) is 51.7 Å². The van der Waals surface area contributed by atoms with E-state index in [2.05, 4.69) is 32.4 Å². The van der Waals surface area contributed by atoms with Crippen LogP contribution in [0.4, 0.5) is 0 Å². The monoisotopic (exact) mass is 323 g/mol. The smallest absolute Gasteiger partial charge is 0.191 e. The maximum absolute atomic E-state index is 4.27. The van der Waals surface area contributed by atoms with Gasteiger partial charge in [-0.1, -0.05) is 6.92 Å². The number of guanidine groups is 1. The maximum atomic E-state index is 4.27. The zero-order chi connectivity index (χ0) is 15.8. The Hall–Kier alpha value is -1.14. The molecule has 1 aromatic rings. The predicted molar refractivity (Wildman–Crippen MR) is 94.5 cm³/mol. The van der Waals surface area contributed by atoms with Gasteiger partial charge in [0, 0.05) is 24.7 Å². The van der Waals surface area contributed by atoms with E-state index < -0.39 is 0 Å². The van der Waals surface area contributed by atoms with Crippen molar-refractivity contribution in [3.63, 3.8) is 0 Å². The molecule has 0 aromatic carbocycles. The van der Waals surface area contributed by atoms with Crippen molar-refractivity contribution in [1.29, 1.82) is 0 Å². The Morgan fingerprint density at radius 1 is 1.41 bits per heavy atom. The van der Waals surface area contributed by atoms with Crippen molar-refractivity contribution in [1.82, 2.24) is 20.5 Å². The van der Waals surface area contributed by atoms with Crippen LogP contribution in [0.25, 0.3) is 0 Å². The van der Waals surface area contributed by atoms with Crippen LogP contribution in [0.1, 0.15) is 36.1 Å². The Bertz CT molecular complexity index is 463. The molecule has 5 nitrogen and oxygen atoms in total. The summed E-state index contributed by atoms with van der Waals surface area (Å²) in [7, 11) is 1.82. The molecule has 1 saturated heterocycles. The lowest BCUT2D eigenvalue weighted by molar-refractivity contribution is 0.191. The number of nitrogens with zero attached hydrogens (tertiary/aromatic N) is 3. The van der Waals surface area contributed by atoms with E-state index in [1.807, 2.05) is 20.2 Å². The second-order valence-corrected chi connectivity index (χ2v) is 7.40. The Kier molecular flexibility index (Phi) is 7.12. The summed E-state index contributed by atoms with van der Waals surface area (Å²) in [6.45, 7) is 9.85. The minimum Gasteiger partial charge on any atom is -0.356 e. The summed E-state index contributed by atoms with van der Waals surface area (Å²) >= 11 is 1.72. The molecule has 2 heterocycles. The summed E-state index contributed by atoms with van der Waals surface area (Å²) in [5, 5.41) is 7.84. The van der Waals surface area contributed by atoms with Crippen LogP contribution in [0.3, 0.4) is 0 Å². The first kappa shape index (κ1) is 17.2. The second kappa shape index (κ2) is 9.10. The number of aryl methyl sites for hydroxylation is 1. The third-order valence-corrected chi connectivity index (χ3v) is 5.06. The molecule has 22 heavy (non-hydrogen) atoms. The fraction of sp³-hybridized carbons (Fsp3) is 0.750. The lowest BCUT2D eigenvalue weighted by atomic mass is 9.99. The molecule has 0 saturated carbocycles. The first-order valence-electron chi connectivity index (χ1n) is 8.25. The number of nitrogens with one attached hydrogen (secondary N) is 2. The van der Waals surface area contributed by atoms with Gasteiger partial charge in [-0.15, -0.1) is 11.3 Å². The summed E-state index contributed by atoms with van der Waals surface area (Å²) < 4.78 is 0. The molecule has 2 N–H and O–H groups in total. The number of aromatic nitrogens is 1. The zero-order valence-corrected chi connectivity index (χ0v) is 14.9. The van der Waals surface area contributed by atoms with Crippen molar-refractivity contribution in [3.05, 3.63) is 16.1 Å². The van der Waals surface area contributed by atoms with E-state index in [4.69, 9.17) is 0 Å². The van der Waals surface area contributed by atoms with E-state index in [1.165, 1.54) is 37.4 Å². The molecule has 6 heteroatoms. The van der Waals surface area contributed by atoms with Crippen molar-refractivity contribution in [2.45, 2.75) is 39.7 Å². The summed E-state index contributed by atoms with van der Waals surface area (Å²) in [5.74, 6) is 1.78. The molecule has 2 rings (SSSR count). The highest BCUT2D eigenvalue weighted by atomic mass is 32.1. The van der Waals surface area contributed by atoms with Gasteiger partial charge in [-0.3, -0.25) is 4.99 Å². The van der Waals surface area contributed by atoms with Gasteiger partial charge in [0.25, 0.3) is 0 Å². The molecule has 0 radical (unpaired) electrons. The van der Waals surface area contributed by atoms with Crippen LogP contribution in [0.2, 0.25) is 0 Å². The minimum atomic E-state index is 0.787. The standard InChI is InChI=1S/C16H29N5S/c1-13-5-9-21(10-6-13)8-4-7-18-16(17-3)20-12-15-11-19-14(2)22-15/h11,13H,4-10,12H2,1-3H3,(H2,17,18,20). The average Bonchev–Trinajstić information content (AvgIpc) is 2.94. The molecule has 124 valence electrons. The number of hydrogen-bond donors (Lipinski definition) is 2. The van der Waals surface area contributed by atoms with Gasteiger partial charge in [-0.25, -0.2) is 4.98 Å². The van der Waals surface area contributed by atoms with Gasteiger partial charge in [0.05, 0.1) is 11.6 Å². The topological polar surface area (TPSA) is 52.6 Å². The van der Waals surface area contributed by atoms with Crippen molar-refractivity contribution < 1.29 is 0 Å². The number of aliphatic imine (C=N–C) groups is 1. The molecule has 0 amide bonds. The molecule has 1 aromatic heterocycles. The number of hydrogen-bond acceptors (Lipinski definition) is 4. The van der Waals surface area contributed by atoms with Crippen LogP contribution >= 0.6 is 11.3 Å². The van der Waals surface area contributed by atoms with Crippen LogP contribution in [-0.4, -0.2) is 49.1 Å². The van der Waals surface area contributed by atoms with Crippen molar-refractivity contribution in [2.75, 3.05) is 33.2 Å². The van der Waals surface area contributed by atoms with Gasteiger partial charge in [0.1, 0.15) is 0 Å². The summed E-state index contributed by atoms with van der Waals surface area (Å²) in [6.07, 6.45) is 5.79. The van der Waals surface area contributed by atoms with Crippen LogP contribution in [-0.2, 0) is 6.54 Å². The maximum Gasteiger partial charge on any atom is 0.191 e. The van der Waals surface area contributed by atoms with Crippen LogP contribution in [0, 0.1) is 12.8 Å². The molecule has 0 atom stereocenters. The summed E-state index contributed by atoms with van der Waals surface area (Å²) in [4.78, 5) is 12.4. The first-order valence-corrected chi connectivity index (χ1v) is 9.07. The molecule has 0 bridgehead atoms. The van der Waals surface area contributed by atoms with Gasteiger partial charge in [0.2, 0.25) is 0 Å². The SMILES string of the molecule is CN=C(NCCCN1CCC(C)CC1)NCc1cnc(C)s1. The van der Waals surface area contributed by atoms with Gasteiger partial charge in [-0.2, -0.15) is 0 Å². The third-order valence-electron chi connectivity index (χ3n) is 4.14. The molecule has 1 fully saturated rings. The molecule has 0 aliphatic carbocycles. The predicted octanol–water partition coefficient (Wildman–Crippen LogP) is 2.24. The van der Waals surface area contributed by atoms with E-state index in [-0.39, 0.29) is 0 Å². The number of thiazole rings is 1. The van der Waals surface area contributed by atoms with Gasteiger partial charge < -0.3 is 15.5 Å². The van der Waals surface area contributed by atoms with Crippen molar-refractivity contribution in [2.24, 2.45) is 10.9 Å². The molecule has 0 spiro atoms. The number of likely N-dealkylation sites (tertiary alicyclic amines) is 1. The van der Waals surface area contributed by atoms with E-state index in [0.29, 0.717) is 0 Å². The lowest BCUT2D eigenvalue weighted by Crippen LogP contribution is -2.39. The van der Waals surface area contributed by atoms with E-state index >= 15 is 0 Å². The highest BCUT2D eigenvalue weighted by Gasteiger charge is 2.14. The van der Waals surface area contributed by atoms with E-state index in [9.17, 15) is 0 Å².